The minimum Gasteiger partial charge on any atom is -0.352 e. The summed E-state index contributed by atoms with van der Waals surface area (Å²) in [6.45, 7) is 8.36. The first kappa shape index (κ1) is 15.9. The fourth-order valence-corrected chi connectivity index (χ4v) is 2.21. The molecule has 1 saturated heterocycles. The molecule has 1 atom stereocenters. The van der Waals surface area contributed by atoms with Crippen LogP contribution >= 0.6 is 0 Å². The van der Waals surface area contributed by atoms with Gasteiger partial charge in [-0.3, -0.25) is 14.5 Å². The largest absolute Gasteiger partial charge is 0.352 e. The van der Waals surface area contributed by atoms with Gasteiger partial charge in [0.25, 0.3) is 0 Å². The molecule has 1 aliphatic rings. The molecule has 1 aliphatic heterocycles. The second-order valence-electron chi connectivity index (χ2n) is 5.41. The van der Waals surface area contributed by atoms with Crippen molar-refractivity contribution in [3.63, 3.8) is 0 Å². The normalized spacial score (nSPS) is 19.7. The topological polar surface area (TPSA) is 78.7 Å². The van der Waals surface area contributed by atoms with Gasteiger partial charge in [0.1, 0.15) is 0 Å². The van der Waals surface area contributed by atoms with Crippen LogP contribution in [0.4, 0.5) is 0 Å². The van der Waals surface area contributed by atoms with Gasteiger partial charge in [-0.2, -0.15) is 0 Å². The Morgan fingerprint density at radius 1 is 1.47 bits per heavy atom. The van der Waals surface area contributed by atoms with Crippen LogP contribution < -0.4 is 11.1 Å². The van der Waals surface area contributed by atoms with Crippen molar-refractivity contribution in [3.8, 4) is 0 Å². The third-order valence-corrected chi connectivity index (χ3v) is 3.19. The summed E-state index contributed by atoms with van der Waals surface area (Å²) in [6, 6.07) is 0.269. The molecule has 0 unspecified atom stereocenters. The Bertz CT molecular complexity index is 320. The van der Waals surface area contributed by atoms with Crippen molar-refractivity contribution in [2.75, 3.05) is 32.7 Å². The number of likely N-dealkylation sites (N-methyl/N-ethyl adjacent to an activating group) is 1. The lowest BCUT2D eigenvalue weighted by Gasteiger charge is -2.24. The van der Waals surface area contributed by atoms with Crippen molar-refractivity contribution < 1.29 is 9.59 Å². The average Bonchev–Trinajstić information content (AvgIpc) is 2.70. The quantitative estimate of drug-likeness (QED) is 0.675. The first-order chi connectivity index (χ1) is 8.92. The second kappa shape index (κ2) is 7.45. The van der Waals surface area contributed by atoms with E-state index in [1.165, 1.54) is 0 Å². The first-order valence-electron chi connectivity index (χ1n) is 6.97. The van der Waals surface area contributed by atoms with Crippen LogP contribution in [0.3, 0.4) is 0 Å². The fraction of sp³-hybridized carbons (Fsp3) is 0.846. The molecule has 0 aromatic heterocycles. The van der Waals surface area contributed by atoms with Gasteiger partial charge in [-0.05, 0) is 27.2 Å². The molecule has 2 amide bonds. The molecule has 0 spiro atoms. The average molecular weight is 270 g/mol. The molecule has 0 aromatic rings. The molecule has 0 saturated carbocycles. The summed E-state index contributed by atoms with van der Waals surface area (Å²) >= 11 is 0. The van der Waals surface area contributed by atoms with Crippen molar-refractivity contribution in [3.05, 3.63) is 0 Å². The summed E-state index contributed by atoms with van der Waals surface area (Å²) in [5.74, 6) is -0.112. The zero-order valence-corrected chi connectivity index (χ0v) is 12.2. The van der Waals surface area contributed by atoms with Crippen molar-refractivity contribution in [2.45, 2.75) is 39.3 Å². The Morgan fingerprint density at radius 3 is 2.63 bits per heavy atom. The number of hydrogen-bond acceptors (Lipinski definition) is 4. The molecule has 19 heavy (non-hydrogen) atoms. The van der Waals surface area contributed by atoms with E-state index in [1.807, 2.05) is 20.8 Å². The molecule has 0 bridgehead atoms. The van der Waals surface area contributed by atoms with E-state index in [4.69, 9.17) is 5.73 Å². The van der Waals surface area contributed by atoms with Crippen molar-refractivity contribution in [1.29, 1.82) is 0 Å². The number of amides is 2. The van der Waals surface area contributed by atoms with Crippen molar-refractivity contribution in [1.82, 2.24) is 15.1 Å². The Hall–Kier alpha value is -1.14. The summed E-state index contributed by atoms with van der Waals surface area (Å²) in [5, 5.41) is 2.80. The van der Waals surface area contributed by atoms with Crippen LogP contribution in [-0.2, 0) is 9.59 Å². The highest BCUT2D eigenvalue weighted by Crippen LogP contribution is 2.07. The van der Waals surface area contributed by atoms with Crippen molar-refractivity contribution in [2.24, 2.45) is 5.73 Å². The van der Waals surface area contributed by atoms with Gasteiger partial charge in [-0.25, -0.2) is 0 Å². The molecule has 0 aliphatic carbocycles. The maximum atomic E-state index is 12.1. The maximum Gasteiger partial charge on any atom is 0.239 e. The highest BCUT2D eigenvalue weighted by molar-refractivity contribution is 5.85. The van der Waals surface area contributed by atoms with E-state index in [-0.39, 0.29) is 30.4 Å². The number of carbonyl (C=O) groups is 2. The fourth-order valence-electron chi connectivity index (χ4n) is 2.21. The summed E-state index contributed by atoms with van der Waals surface area (Å²) in [5.41, 5.74) is 5.81. The van der Waals surface area contributed by atoms with Crippen LogP contribution in [0, 0.1) is 0 Å². The number of likely N-dealkylation sites (tertiary alicyclic amines) is 1. The number of carbonyl (C=O) groups excluding carboxylic acids is 2. The molecule has 0 aromatic carbocycles. The Labute approximate surface area is 115 Å². The van der Waals surface area contributed by atoms with Gasteiger partial charge < -0.3 is 16.0 Å². The maximum absolute atomic E-state index is 12.1. The molecule has 0 radical (unpaired) electrons. The third kappa shape index (κ3) is 5.57. The van der Waals surface area contributed by atoms with Gasteiger partial charge in [0.05, 0.1) is 13.1 Å². The molecule has 1 heterocycles. The lowest BCUT2D eigenvalue weighted by Crippen LogP contribution is -2.46. The molecule has 110 valence electrons. The van der Waals surface area contributed by atoms with Gasteiger partial charge >= 0.3 is 0 Å². The third-order valence-electron chi connectivity index (χ3n) is 3.19. The lowest BCUT2D eigenvalue weighted by molar-refractivity contribution is -0.136. The Kier molecular flexibility index (Phi) is 6.24. The highest BCUT2D eigenvalue weighted by atomic mass is 16.2. The van der Waals surface area contributed by atoms with E-state index >= 15 is 0 Å². The van der Waals surface area contributed by atoms with Gasteiger partial charge in [-0.1, -0.05) is 0 Å². The number of nitrogens with zero attached hydrogens (tertiary/aromatic N) is 2. The zero-order valence-electron chi connectivity index (χ0n) is 12.2. The summed E-state index contributed by atoms with van der Waals surface area (Å²) in [4.78, 5) is 27.4. The lowest BCUT2D eigenvalue weighted by atomic mass is 10.3. The molecule has 6 nitrogen and oxygen atoms in total. The van der Waals surface area contributed by atoms with Crippen LogP contribution in [0.15, 0.2) is 0 Å². The van der Waals surface area contributed by atoms with Crippen LogP contribution in [0.5, 0.6) is 0 Å². The smallest absolute Gasteiger partial charge is 0.239 e. The monoisotopic (exact) mass is 270 g/mol. The van der Waals surface area contributed by atoms with Crippen LogP contribution in [0.2, 0.25) is 0 Å². The van der Waals surface area contributed by atoms with E-state index in [9.17, 15) is 9.59 Å². The Morgan fingerprint density at radius 2 is 2.16 bits per heavy atom. The first-order valence-corrected chi connectivity index (χ1v) is 6.97. The number of hydrogen-bond donors (Lipinski definition) is 2. The van der Waals surface area contributed by atoms with Crippen molar-refractivity contribution >= 4 is 11.8 Å². The molecule has 1 rings (SSSR count). The molecule has 3 N–H and O–H groups in total. The second-order valence-corrected chi connectivity index (χ2v) is 5.41. The molecular formula is C13H26N4O2. The summed E-state index contributed by atoms with van der Waals surface area (Å²) in [6.07, 6.45) is 0.938. The minimum atomic E-state index is -0.108. The summed E-state index contributed by atoms with van der Waals surface area (Å²) < 4.78 is 0. The van der Waals surface area contributed by atoms with Crippen LogP contribution in [-0.4, -0.2) is 66.4 Å². The van der Waals surface area contributed by atoms with E-state index < -0.39 is 0 Å². The molecular weight excluding hydrogens is 244 g/mol. The zero-order chi connectivity index (χ0) is 14.4. The van der Waals surface area contributed by atoms with Gasteiger partial charge in [0, 0.05) is 31.7 Å². The minimum absolute atomic E-state index is 0.00416. The van der Waals surface area contributed by atoms with E-state index in [0.717, 1.165) is 19.5 Å². The van der Waals surface area contributed by atoms with Gasteiger partial charge in [0.15, 0.2) is 0 Å². The van der Waals surface area contributed by atoms with Crippen LogP contribution in [0.1, 0.15) is 27.2 Å². The number of nitrogens with two attached hydrogens (primary N) is 1. The van der Waals surface area contributed by atoms with E-state index in [0.29, 0.717) is 13.1 Å². The number of rotatable bonds is 6. The highest BCUT2D eigenvalue weighted by Gasteiger charge is 2.24. The predicted octanol–water partition coefficient (Wildman–Crippen LogP) is -0.607. The number of nitrogens with one attached hydrogen (secondary N) is 1. The van der Waals surface area contributed by atoms with Crippen LogP contribution in [0.25, 0.3) is 0 Å². The Balaban J connectivity index is 2.40. The van der Waals surface area contributed by atoms with Gasteiger partial charge in [0.2, 0.25) is 11.8 Å². The summed E-state index contributed by atoms with van der Waals surface area (Å²) in [7, 11) is 0. The molecule has 6 heteroatoms. The van der Waals surface area contributed by atoms with E-state index in [1.54, 1.807) is 4.90 Å². The predicted molar refractivity (Wildman–Crippen MR) is 74.6 cm³/mol. The SMILES string of the molecule is CCN(CC(=O)NC(C)C)C(=O)CN1CC[C@@H](N)C1. The van der Waals surface area contributed by atoms with Gasteiger partial charge in [-0.15, -0.1) is 0 Å². The molecule has 1 fully saturated rings. The standard InChI is InChI=1S/C13H26N4O2/c1-4-17(8-12(18)15-10(2)3)13(19)9-16-6-5-11(14)7-16/h10-11H,4-9,14H2,1-3H3,(H,15,18)/t11-/m1/s1. The van der Waals surface area contributed by atoms with E-state index in [2.05, 4.69) is 10.2 Å².